The molecule has 7 nitrogen and oxygen atoms in total. The smallest absolute Gasteiger partial charge is 0.218 e. The quantitative estimate of drug-likeness (QED) is 0.845. The van der Waals surface area contributed by atoms with Crippen LogP contribution in [-0.2, 0) is 0 Å². The Morgan fingerprint density at radius 3 is 2.78 bits per heavy atom. The summed E-state index contributed by atoms with van der Waals surface area (Å²) in [4.78, 5) is 12.6. The van der Waals surface area contributed by atoms with E-state index in [0.717, 1.165) is 31.6 Å². The van der Waals surface area contributed by atoms with Gasteiger partial charge < -0.3 is 20.1 Å². The van der Waals surface area contributed by atoms with E-state index >= 15 is 0 Å². The second-order valence-corrected chi connectivity index (χ2v) is 5.25. The first-order chi connectivity index (χ1) is 11.3. The molecule has 1 saturated heterocycles. The van der Waals surface area contributed by atoms with Gasteiger partial charge in [-0.2, -0.15) is 0 Å². The molecule has 3 rings (SSSR count). The van der Waals surface area contributed by atoms with Crippen molar-refractivity contribution in [3.8, 4) is 11.8 Å². The molecule has 1 aliphatic rings. The van der Waals surface area contributed by atoms with Crippen LogP contribution in [-0.4, -0.2) is 40.8 Å². The summed E-state index contributed by atoms with van der Waals surface area (Å²) >= 11 is 0. The Bertz CT molecular complexity index is 614. The molecule has 2 N–H and O–H groups in total. The Morgan fingerprint density at radius 1 is 1.17 bits per heavy atom. The predicted octanol–water partition coefficient (Wildman–Crippen LogP) is 2.14. The van der Waals surface area contributed by atoms with Gasteiger partial charge in [0.05, 0.1) is 18.5 Å². The lowest BCUT2D eigenvalue weighted by Gasteiger charge is -2.23. The number of aromatic nitrogens is 3. The van der Waals surface area contributed by atoms with E-state index in [4.69, 9.17) is 9.47 Å². The first-order valence-electron chi connectivity index (χ1n) is 7.89. The van der Waals surface area contributed by atoms with Crippen LogP contribution < -0.4 is 20.1 Å². The zero-order chi connectivity index (χ0) is 15.9. The van der Waals surface area contributed by atoms with Gasteiger partial charge in [-0.3, -0.25) is 0 Å². The van der Waals surface area contributed by atoms with Crippen LogP contribution >= 0.6 is 0 Å². The van der Waals surface area contributed by atoms with E-state index in [1.165, 1.54) is 6.33 Å². The number of rotatable bonds is 6. The molecule has 23 heavy (non-hydrogen) atoms. The van der Waals surface area contributed by atoms with Crippen LogP contribution in [0.2, 0.25) is 0 Å². The van der Waals surface area contributed by atoms with Gasteiger partial charge in [0, 0.05) is 12.1 Å². The van der Waals surface area contributed by atoms with E-state index in [-0.39, 0.29) is 6.10 Å². The molecule has 0 saturated carbocycles. The number of nitrogens with one attached hydrogen (secondary N) is 2. The molecule has 2 aromatic heterocycles. The lowest BCUT2D eigenvalue weighted by Crippen LogP contribution is -2.34. The molecule has 0 spiro atoms. The van der Waals surface area contributed by atoms with Crippen molar-refractivity contribution in [1.82, 2.24) is 20.3 Å². The van der Waals surface area contributed by atoms with Crippen molar-refractivity contribution in [1.29, 1.82) is 0 Å². The lowest BCUT2D eigenvalue weighted by atomic mass is 10.1. The third-order valence-corrected chi connectivity index (χ3v) is 3.52. The number of piperidine rings is 1. The van der Waals surface area contributed by atoms with Gasteiger partial charge in [0.2, 0.25) is 11.8 Å². The zero-order valence-corrected chi connectivity index (χ0v) is 13.2. The summed E-state index contributed by atoms with van der Waals surface area (Å²) in [7, 11) is 0. The zero-order valence-electron chi connectivity index (χ0n) is 13.2. The van der Waals surface area contributed by atoms with Crippen molar-refractivity contribution >= 4 is 11.5 Å². The third-order valence-electron chi connectivity index (χ3n) is 3.52. The fraction of sp³-hybridized carbons (Fsp3) is 0.438. The molecule has 0 aromatic carbocycles. The average Bonchev–Trinajstić information content (AvgIpc) is 2.58. The molecule has 3 heterocycles. The highest BCUT2D eigenvalue weighted by atomic mass is 16.5. The minimum Gasteiger partial charge on any atom is -0.478 e. The van der Waals surface area contributed by atoms with Gasteiger partial charge in [0.25, 0.3) is 0 Å². The van der Waals surface area contributed by atoms with E-state index < -0.39 is 0 Å². The summed E-state index contributed by atoms with van der Waals surface area (Å²) in [6, 6.07) is 5.52. The van der Waals surface area contributed by atoms with Gasteiger partial charge in [0.1, 0.15) is 18.2 Å². The van der Waals surface area contributed by atoms with E-state index in [2.05, 4.69) is 25.6 Å². The van der Waals surface area contributed by atoms with Crippen LogP contribution in [0.15, 0.2) is 30.7 Å². The SMILES string of the molecule is CCOc1ccc(Nc2cc(OC3CCNCC3)ncn2)cn1. The maximum atomic E-state index is 5.92. The molecule has 0 unspecified atom stereocenters. The molecular formula is C16H21N5O2. The summed E-state index contributed by atoms with van der Waals surface area (Å²) < 4.78 is 11.2. The van der Waals surface area contributed by atoms with Gasteiger partial charge >= 0.3 is 0 Å². The Hall–Kier alpha value is -2.41. The molecular weight excluding hydrogens is 294 g/mol. The van der Waals surface area contributed by atoms with Crippen LogP contribution in [0.5, 0.6) is 11.8 Å². The molecule has 0 amide bonds. The van der Waals surface area contributed by atoms with Crippen molar-refractivity contribution in [2.24, 2.45) is 0 Å². The highest BCUT2D eigenvalue weighted by Crippen LogP contribution is 2.20. The minimum atomic E-state index is 0.214. The van der Waals surface area contributed by atoms with Gasteiger partial charge in [-0.05, 0) is 38.9 Å². The van der Waals surface area contributed by atoms with Crippen molar-refractivity contribution in [3.05, 3.63) is 30.7 Å². The van der Waals surface area contributed by atoms with E-state index in [1.54, 1.807) is 12.3 Å². The van der Waals surface area contributed by atoms with Crippen molar-refractivity contribution in [2.75, 3.05) is 25.0 Å². The molecule has 7 heteroatoms. The number of hydrogen-bond donors (Lipinski definition) is 2. The Morgan fingerprint density at radius 2 is 2.04 bits per heavy atom. The Balaban J connectivity index is 1.62. The monoisotopic (exact) mass is 315 g/mol. The number of anilines is 2. The van der Waals surface area contributed by atoms with E-state index in [9.17, 15) is 0 Å². The van der Waals surface area contributed by atoms with Crippen molar-refractivity contribution in [3.63, 3.8) is 0 Å². The maximum absolute atomic E-state index is 5.92. The molecule has 0 atom stereocenters. The lowest BCUT2D eigenvalue weighted by molar-refractivity contribution is 0.156. The van der Waals surface area contributed by atoms with Crippen LogP contribution in [0.1, 0.15) is 19.8 Å². The predicted molar refractivity (Wildman–Crippen MR) is 87.2 cm³/mol. The summed E-state index contributed by atoms with van der Waals surface area (Å²) in [5.41, 5.74) is 0.833. The summed E-state index contributed by atoms with van der Waals surface area (Å²) in [6.45, 7) is 4.50. The van der Waals surface area contributed by atoms with E-state index in [0.29, 0.717) is 24.2 Å². The van der Waals surface area contributed by atoms with E-state index in [1.807, 2.05) is 19.1 Å². The maximum Gasteiger partial charge on any atom is 0.218 e. The van der Waals surface area contributed by atoms with Crippen LogP contribution in [0.4, 0.5) is 11.5 Å². The third kappa shape index (κ3) is 4.53. The summed E-state index contributed by atoms with van der Waals surface area (Å²) in [5, 5.41) is 6.51. The van der Waals surface area contributed by atoms with Gasteiger partial charge in [-0.1, -0.05) is 0 Å². The Kier molecular flexibility index (Phi) is 5.21. The van der Waals surface area contributed by atoms with Crippen LogP contribution in [0.25, 0.3) is 0 Å². The standard InChI is InChI=1S/C16H21N5O2/c1-2-22-15-4-3-12(10-18-15)21-14-9-16(20-11-19-14)23-13-5-7-17-8-6-13/h3-4,9-11,13,17H,2,5-8H2,1H3,(H,19,20,21). The van der Waals surface area contributed by atoms with Crippen molar-refractivity contribution in [2.45, 2.75) is 25.9 Å². The van der Waals surface area contributed by atoms with Crippen LogP contribution in [0, 0.1) is 0 Å². The molecule has 0 bridgehead atoms. The first kappa shape index (κ1) is 15.5. The number of nitrogens with zero attached hydrogens (tertiary/aromatic N) is 3. The number of ether oxygens (including phenoxy) is 2. The first-order valence-corrected chi connectivity index (χ1v) is 7.89. The summed E-state index contributed by atoms with van der Waals surface area (Å²) in [6.07, 6.45) is 5.41. The summed E-state index contributed by atoms with van der Waals surface area (Å²) in [5.74, 6) is 1.87. The molecule has 1 fully saturated rings. The Labute approximate surface area is 135 Å². The second-order valence-electron chi connectivity index (χ2n) is 5.25. The molecule has 122 valence electrons. The fourth-order valence-electron chi connectivity index (χ4n) is 2.39. The molecule has 0 radical (unpaired) electrons. The van der Waals surface area contributed by atoms with Gasteiger partial charge in [-0.25, -0.2) is 15.0 Å². The number of pyridine rings is 1. The molecule has 2 aromatic rings. The molecule has 1 aliphatic heterocycles. The largest absolute Gasteiger partial charge is 0.478 e. The van der Waals surface area contributed by atoms with Gasteiger partial charge in [-0.15, -0.1) is 0 Å². The highest BCUT2D eigenvalue weighted by molar-refractivity contribution is 5.55. The minimum absolute atomic E-state index is 0.214. The number of hydrogen-bond acceptors (Lipinski definition) is 7. The van der Waals surface area contributed by atoms with Gasteiger partial charge in [0.15, 0.2) is 0 Å². The average molecular weight is 315 g/mol. The highest BCUT2D eigenvalue weighted by Gasteiger charge is 2.15. The second kappa shape index (κ2) is 7.73. The fourth-order valence-corrected chi connectivity index (χ4v) is 2.39. The normalized spacial score (nSPS) is 15.2. The van der Waals surface area contributed by atoms with Crippen LogP contribution in [0.3, 0.4) is 0 Å². The molecule has 0 aliphatic carbocycles. The topological polar surface area (TPSA) is 81.2 Å². The van der Waals surface area contributed by atoms with Crippen molar-refractivity contribution < 1.29 is 9.47 Å².